The average Bonchev–Trinajstić information content (AvgIpc) is 2.94. The first-order valence-electron chi connectivity index (χ1n) is 14.9. The van der Waals surface area contributed by atoms with E-state index in [1.807, 2.05) is 36.4 Å². The molecule has 0 saturated carbocycles. The van der Waals surface area contributed by atoms with Crippen LogP contribution in [0, 0.1) is 0 Å². The summed E-state index contributed by atoms with van der Waals surface area (Å²) in [5.41, 5.74) is 5.99. The van der Waals surface area contributed by atoms with Crippen molar-refractivity contribution in [2.24, 2.45) is 0 Å². The maximum absolute atomic E-state index is 13.5. The molecule has 5 rings (SSSR count). The number of aromatic nitrogens is 1. The van der Waals surface area contributed by atoms with Gasteiger partial charge in [-0.15, -0.1) is 0 Å². The van der Waals surface area contributed by atoms with E-state index in [4.69, 9.17) is 0 Å². The molecule has 0 bridgehead atoms. The second kappa shape index (κ2) is 11.7. The van der Waals surface area contributed by atoms with Crippen LogP contribution in [0.1, 0.15) is 24.1 Å². The highest BCUT2D eigenvalue weighted by Gasteiger charge is 2.34. The number of quaternary nitrogens is 2. The van der Waals surface area contributed by atoms with Crippen molar-refractivity contribution in [2.75, 3.05) is 66.8 Å². The van der Waals surface area contributed by atoms with E-state index in [1.54, 1.807) is 0 Å². The molecule has 3 aromatic rings. The minimum atomic E-state index is -0.121. The number of ketones is 1. The fraction of sp³-hybridized carbons (Fsp3) is 0.333. The van der Waals surface area contributed by atoms with Crippen LogP contribution in [0.2, 0.25) is 0 Å². The number of hydrogen-bond donors (Lipinski definition) is 1. The topological polar surface area (TPSA) is 44.4 Å². The second-order valence-electron chi connectivity index (χ2n) is 13.5. The normalized spacial score (nSPS) is 17.4. The molecule has 0 atom stereocenters. The number of hydrogen-bond acceptors (Lipinski definition) is 3. The summed E-state index contributed by atoms with van der Waals surface area (Å²) in [5, 5.41) is 12.3. The van der Waals surface area contributed by atoms with E-state index in [2.05, 4.69) is 100 Å². The van der Waals surface area contributed by atoms with Gasteiger partial charge in [0.2, 0.25) is 17.0 Å². The van der Waals surface area contributed by atoms with Crippen molar-refractivity contribution in [2.45, 2.75) is 19.4 Å². The quantitative estimate of drug-likeness (QED) is 0.200. The van der Waals surface area contributed by atoms with Crippen molar-refractivity contribution >= 4 is 34.5 Å². The number of rotatable bonds is 10. The van der Waals surface area contributed by atoms with Crippen LogP contribution in [0.15, 0.2) is 95.4 Å². The van der Waals surface area contributed by atoms with Gasteiger partial charge in [0.15, 0.2) is 6.54 Å². The number of Topliss-reactive ketones (excluding diaryl/α,β-unsaturated/α-hetero) is 1. The van der Waals surface area contributed by atoms with Crippen LogP contribution in [-0.4, -0.2) is 81.8 Å². The summed E-state index contributed by atoms with van der Waals surface area (Å²) >= 11 is 0. The zero-order valence-electron chi connectivity index (χ0n) is 26.0. The Morgan fingerprint density at radius 3 is 2.24 bits per heavy atom. The Balaban J connectivity index is 1.46. The van der Waals surface area contributed by atoms with Crippen molar-refractivity contribution in [3.8, 4) is 0 Å². The van der Waals surface area contributed by atoms with Crippen molar-refractivity contribution in [3.63, 3.8) is 0 Å². The highest BCUT2D eigenvalue weighted by atomic mass is 16.3. The Bertz CT molecular complexity index is 1630. The van der Waals surface area contributed by atoms with Gasteiger partial charge in [-0.05, 0) is 35.9 Å². The van der Waals surface area contributed by atoms with Crippen LogP contribution < -0.4 is 9.47 Å². The first-order chi connectivity index (χ1) is 19.9. The van der Waals surface area contributed by atoms with Crippen LogP contribution in [0.25, 0.3) is 23.1 Å². The largest absolute Gasteiger partial charge is 0.506 e. The first-order valence-corrected chi connectivity index (χ1v) is 14.9. The highest BCUT2D eigenvalue weighted by Crippen LogP contribution is 2.36. The fourth-order valence-corrected chi connectivity index (χ4v) is 5.72. The predicted molar refractivity (Wildman–Crippen MR) is 173 cm³/mol. The van der Waals surface area contributed by atoms with Crippen LogP contribution in [0.4, 0.5) is 5.69 Å². The van der Waals surface area contributed by atoms with Gasteiger partial charge in [0.1, 0.15) is 5.76 Å². The van der Waals surface area contributed by atoms with Crippen LogP contribution in [0.5, 0.6) is 0 Å². The van der Waals surface area contributed by atoms with Crippen LogP contribution in [0.3, 0.4) is 0 Å². The van der Waals surface area contributed by atoms with Gasteiger partial charge in [0.05, 0.1) is 72.9 Å². The number of aryl methyl sites for hydroxylation is 1. The van der Waals surface area contributed by atoms with Gasteiger partial charge in [-0.2, -0.15) is 4.57 Å². The third-order valence-electron chi connectivity index (χ3n) is 7.95. The summed E-state index contributed by atoms with van der Waals surface area (Å²) in [5.74, 6) is -0.0539. The smallest absolute Gasteiger partial charge is 0.212 e. The lowest BCUT2D eigenvalue weighted by Crippen LogP contribution is -2.42. The molecule has 0 spiro atoms. The van der Waals surface area contributed by atoms with Gasteiger partial charge in [-0.3, -0.25) is 4.79 Å². The summed E-state index contributed by atoms with van der Waals surface area (Å²) in [4.78, 5) is 15.7. The number of aliphatic hydroxyl groups excluding tert-OH is 1. The second-order valence-corrected chi connectivity index (χ2v) is 13.5. The average molecular weight is 566 g/mol. The van der Waals surface area contributed by atoms with Gasteiger partial charge < -0.3 is 19.0 Å². The molecule has 1 aliphatic carbocycles. The van der Waals surface area contributed by atoms with E-state index in [9.17, 15) is 9.90 Å². The summed E-state index contributed by atoms with van der Waals surface area (Å²) in [6, 6.07) is 20.8. The molecule has 0 amide bonds. The molecule has 1 aliphatic heterocycles. The Labute approximate surface area is 250 Å². The molecule has 0 radical (unpaired) electrons. The van der Waals surface area contributed by atoms with Crippen LogP contribution >= 0.6 is 0 Å². The maximum Gasteiger partial charge on any atom is 0.212 e. The number of benzene rings is 2. The molecule has 2 heterocycles. The standard InChI is InChI=1S/C36H44N4O2/c1-39(2,3)23-11-21-37-29(19-17-27-13-7-9-15-33(27)37)25-31-35(41)32(36(31)42)26-30-20-18-28-14-8-10-16-34(28)38(30)22-12-24-40(4,5)6/h7-10,13-20,25-26H,11-12,21-24H2,1-6H3/q+2/p+1. The number of anilines is 1. The van der Waals surface area contributed by atoms with Crippen molar-refractivity contribution < 1.29 is 23.4 Å². The van der Waals surface area contributed by atoms with E-state index in [1.165, 1.54) is 0 Å². The monoisotopic (exact) mass is 565 g/mol. The molecule has 42 heavy (non-hydrogen) atoms. The number of para-hydroxylation sites is 2. The van der Waals surface area contributed by atoms with E-state index in [0.717, 1.165) is 81.5 Å². The third-order valence-corrected chi connectivity index (χ3v) is 7.95. The lowest BCUT2D eigenvalue weighted by Gasteiger charge is -2.32. The molecule has 1 aromatic heterocycles. The lowest BCUT2D eigenvalue weighted by molar-refractivity contribution is -0.873. The Kier molecular flexibility index (Phi) is 8.22. The van der Waals surface area contributed by atoms with Gasteiger partial charge in [-0.25, -0.2) is 0 Å². The zero-order valence-corrected chi connectivity index (χ0v) is 26.0. The van der Waals surface area contributed by atoms with Gasteiger partial charge in [-0.1, -0.05) is 36.4 Å². The number of carbonyl (C=O) groups excluding carboxylic acids is 1. The number of nitrogens with zero attached hydrogens (tertiary/aromatic N) is 4. The van der Waals surface area contributed by atoms with E-state index in [0.29, 0.717) is 11.1 Å². The molecular weight excluding hydrogens is 520 g/mol. The Hall–Kier alpha value is -4.00. The van der Waals surface area contributed by atoms with Crippen molar-refractivity contribution in [1.82, 2.24) is 0 Å². The molecule has 0 saturated heterocycles. The van der Waals surface area contributed by atoms with Crippen molar-refractivity contribution in [3.05, 3.63) is 107 Å². The zero-order chi connectivity index (χ0) is 30.1. The number of allylic oxidation sites excluding steroid dienone is 4. The SMILES string of the molecule is C[N+](C)(C)CCCN1/C(=C\C2=C(O)C(=C/c3ccc4ccccc4[n+]3CCC[N+](C)(C)C)/C2=O)C=Cc2ccccc21. The van der Waals surface area contributed by atoms with Crippen molar-refractivity contribution in [1.29, 1.82) is 0 Å². The number of pyridine rings is 1. The highest BCUT2D eigenvalue weighted by molar-refractivity contribution is 6.23. The summed E-state index contributed by atoms with van der Waals surface area (Å²) < 4.78 is 4.06. The Morgan fingerprint density at radius 1 is 0.810 bits per heavy atom. The number of fused-ring (bicyclic) bond motifs is 2. The maximum atomic E-state index is 13.5. The molecule has 218 valence electrons. The Morgan fingerprint density at radius 2 is 1.50 bits per heavy atom. The molecule has 0 unspecified atom stereocenters. The van der Waals surface area contributed by atoms with Gasteiger partial charge >= 0.3 is 0 Å². The van der Waals surface area contributed by atoms with E-state index >= 15 is 0 Å². The van der Waals surface area contributed by atoms with Crippen LogP contribution in [-0.2, 0) is 11.3 Å². The summed E-state index contributed by atoms with van der Waals surface area (Å²) in [6.07, 6.45) is 9.84. The van der Waals surface area contributed by atoms with Gasteiger partial charge in [0.25, 0.3) is 0 Å². The molecular formula is C36H45N4O2+3. The molecule has 2 aromatic carbocycles. The lowest BCUT2D eigenvalue weighted by atomic mass is 9.86. The molecule has 6 heteroatoms. The predicted octanol–water partition coefficient (Wildman–Crippen LogP) is 5.52. The number of aliphatic hydroxyl groups is 1. The molecule has 0 fully saturated rings. The third kappa shape index (κ3) is 6.56. The molecule has 6 nitrogen and oxygen atoms in total. The molecule has 1 N–H and O–H groups in total. The van der Waals surface area contributed by atoms with E-state index < -0.39 is 0 Å². The summed E-state index contributed by atoms with van der Waals surface area (Å²) in [6.45, 7) is 3.74. The van der Waals surface area contributed by atoms with Gasteiger partial charge in [0, 0.05) is 47.9 Å². The summed E-state index contributed by atoms with van der Waals surface area (Å²) in [7, 11) is 13.2. The fourth-order valence-electron chi connectivity index (χ4n) is 5.72. The first kappa shape index (κ1) is 29.5. The minimum absolute atomic E-state index is 0.0668. The molecule has 2 aliphatic rings. The minimum Gasteiger partial charge on any atom is -0.506 e. The number of carbonyl (C=O) groups is 1. The van der Waals surface area contributed by atoms with E-state index in [-0.39, 0.29) is 11.5 Å².